The number of hydrogen-bond acceptors (Lipinski definition) is 2. The van der Waals surface area contributed by atoms with Gasteiger partial charge >= 0.3 is 0 Å². The second-order valence-electron chi connectivity index (χ2n) is 3.51. The molecule has 1 atom stereocenters. The second-order valence-corrected chi connectivity index (χ2v) is 3.51. The highest BCUT2D eigenvalue weighted by Gasteiger charge is 2.12. The zero-order valence-electron chi connectivity index (χ0n) is 8.57. The second kappa shape index (κ2) is 5.55. The van der Waals surface area contributed by atoms with Crippen LogP contribution in [0.4, 0.5) is 0 Å². The first-order valence-corrected chi connectivity index (χ1v) is 5.06. The first-order chi connectivity index (χ1) is 6.74. The topological polar surface area (TPSA) is 43.1 Å². The van der Waals surface area contributed by atoms with Crippen molar-refractivity contribution in [3.63, 3.8) is 0 Å². The minimum Gasteiger partial charge on any atom is -0.321 e. The van der Waals surface area contributed by atoms with E-state index in [1.54, 1.807) is 0 Å². The van der Waals surface area contributed by atoms with Crippen molar-refractivity contribution in [2.75, 3.05) is 0 Å². The summed E-state index contributed by atoms with van der Waals surface area (Å²) in [6.45, 7) is 1.99. The molecule has 0 aliphatic carbocycles. The Morgan fingerprint density at radius 2 is 2.00 bits per heavy atom. The number of carbonyl (C=O) groups excluding carboxylic acids is 1. The maximum absolute atomic E-state index is 11.4. The van der Waals surface area contributed by atoms with E-state index >= 15 is 0 Å². The Hall–Kier alpha value is -1.15. The molecule has 2 N–H and O–H groups in total. The van der Waals surface area contributed by atoms with Crippen molar-refractivity contribution in [3.05, 3.63) is 35.9 Å². The van der Waals surface area contributed by atoms with Crippen LogP contribution >= 0.6 is 0 Å². The minimum atomic E-state index is -0.336. The van der Waals surface area contributed by atoms with Gasteiger partial charge in [-0.05, 0) is 18.4 Å². The van der Waals surface area contributed by atoms with Crippen LogP contribution < -0.4 is 5.73 Å². The summed E-state index contributed by atoms with van der Waals surface area (Å²) in [5.74, 6) is 0.163. The molecule has 0 fully saturated rings. The summed E-state index contributed by atoms with van der Waals surface area (Å²) in [7, 11) is 0. The third-order valence-electron chi connectivity index (χ3n) is 2.21. The number of ketones is 1. The van der Waals surface area contributed by atoms with E-state index in [2.05, 4.69) is 0 Å². The SMILES string of the molecule is CCCC(=O)C(N)Cc1ccccc1. The Labute approximate surface area is 85.1 Å². The Kier molecular flexibility index (Phi) is 4.33. The van der Waals surface area contributed by atoms with Gasteiger partial charge in [0.2, 0.25) is 0 Å². The molecule has 0 aromatic heterocycles. The fourth-order valence-electron chi connectivity index (χ4n) is 1.41. The standard InChI is InChI=1S/C12H17NO/c1-2-6-12(14)11(13)9-10-7-4-3-5-8-10/h3-5,7-8,11H,2,6,9,13H2,1H3. The highest BCUT2D eigenvalue weighted by Crippen LogP contribution is 2.04. The van der Waals surface area contributed by atoms with Crippen LogP contribution in [-0.4, -0.2) is 11.8 Å². The molecule has 0 saturated carbocycles. The molecule has 0 radical (unpaired) electrons. The summed E-state index contributed by atoms with van der Waals surface area (Å²) in [6.07, 6.45) is 2.12. The molecular formula is C12H17NO. The smallest absolute Gasteiger partial charge is 0.149 e. The summed E-state index contributed by atoms with van der Waals surface area (Å²) in [5.41, 5.74) is 6.91. The van der Waals surface area contributed by atoms with E-state index in [-0.39, 0.29) is 11.8 Å². The quantitative estimate of drug-likeness (QED) is 0.772. The summed E-state index contributed by atoms with van der Waals surface area (Å²) >= 11 is 0. The normalized spacial score (nSPS) is 12.4. The van der Waals surface area contributed by atoms with Gasteiger partial charge in [0.15, 0.2) is 0 Å². The molecule has 0 heterocycles. The van der Waals surface area contributed by atoms with Gasteiger partial charge < -0.3 is 5.73 Å². The lowest BCUT2D eigenvalue weighted by atomic mass is 10.0. The van der Waals surface area contributed by atoms with Gasteiger partial charge in [0.1, 0.15) is 5.78 Å². The van der Waals surface area contributed by atoms with E-state index in [1.807, 2.05) is 37.3 Å². The van der Waals surface area contributed by atoms with Crippen LogP contribution in [0.25, 0.3) is 0 Å². The van der Waals surface area contributed by atoms with Gasteiger partial charge in [-0.3, -0.25) is 4.79 Å². The molecular weight excluding hydrogens is 174 g/mol. The fraction of sp³-hybridized carbons (Fsp3) is 0.417. The molecule has 0 amide bonds. The average Bonchev–Trinajstić information content (AvgIpc) is 2.19. The number of nitrogens with two attached hydrogens (primary N) is 1. The molecule has 2 nitrogen and oxygen atoms in total. The van der Waals surface area contributed by atoms with Crippen molar-refractivity contribution in [2.24, 2.45) is 5.73 Å². The maximum atomic E-state index is 11.4. The van der Waals surface area contributed by atoms with Gasteiger partial charge in [-0.2, -0.15) is 0 Å². The number of benzene rings is 1. The summed E-state index contributed by atoms with van der Waals surface area (Å²) in [6, 6.07) is 9.55. The van der Waals surface area contributed by atoms with Crippen molar-refractivity contribution in [3.8, 4) is 0 Å². The van der Waals surface area contributed by atoms with Crippen LogP contribution in [0.5, 0.6) is 0 Å². The van der Waals surface area contributed by atoms with Crippen LogP contribution in [-0.2, 0) is 11.2 Å². The fourth-order valence-corrected chi connectivity index (χ4v) is 1.41. The third kappa shape index (κ3) is 3.30. The molecule has 1 aromatic carbocycles. The van der Waals surface area contributed by atoms with Crippen molar-refractivity contribution in [2.45, 2.75) is 32.2 Å². The predicted molar refractivity (Wildman–Crippen MR) is 58.0 cm³/mol. The molecule has 76 valence electrons. The molecule has 14 heavy (non-hydrogen) atoms. The molecule has 1 rings (SSSR count). The van der Waals surface area contributed by atoms with E-state index in [9.17, 15) is 4.79 Å². The molecule has 0 aliphatic heterocycles. The van der Waals surface area contributed by atoms with Crippen LogP contribution in [0, 0.1) is 0 Å². The van der Waals surface area contributed by atoms with Gasteiger partial charge in [-0.15, -0.1) is 0 Å². The highest BCUT2D eigenvalue weighted by molar-refractivity contribution is 5.83. The maximum Gasteiger partial charge on any atom is 0.149 e. The van der Waals surface area contributed by atoms with Crippen molar-refractivity contribution in [1.82, 2.24) is 0 Å². The average molecular weight is 191 g/mol. The van der Waals surface area contributed by atoms with Gasteiger partial charge in [-0.1, -0.05) is 37.3 Å². The lowest BCUT2D eigenvalue weighted by Gasteiger charge is -2.09. The largest absolute Gasteiger partial charge is 0.321 e. The predicted octanol–water partition coefficient (Wildman–Crippen LogP) is 1.93. The van der Waals surface area contributed by atoms with E-state index in [0.29, 0.717) is 12.8 Å². The van der Waals surface area contributed by atoms with Crippen LogP contribution in [0.3, 0.4) is 0 Å². The molecule has 1 unspecified atom stereocenters. The number of Topliss-reactive ketones (excluding diaryl/α,β-unsaturated/α-hetero) is 1. The molecule has 0 saturated heterocycles. The lowest BCUT2D eigenvalue weighted by molar-refractivity contribution is -0.120. The molecule has 0 aliphatic rings. The monoisotopic (exact) mass is 191 g/mol. The van der Waals surface area contributed by atoms with Gasteiger partial charge in [-0.25, -0.2) is 0 Å². The third-order valence-corrected chi connectivity index (χ3v) is 2.21. The summed E-state index contributed by atoms with van der Waals surface area (Å²) < 4.78 is 0. The summed E-state index contributed by atoms with van der Waals surface area (Å²) in [5, 5.41) is 0. The zero-order chi connectivity index (χ0) is 10.4. The molecule has 0 spiro atoms. The van der Waals surface area contributed by atoms with Crippen LogP contribution in [0.1, 0.15) is 25.3 Å². The van der Waals surface area contributed by atoms with Gasteiger partial charge in [0, 0.05) is 6.42 Å². The highest BCUT2D eigenvalue weighted by atomic mass is 16.1. The van der Waals surface area contributed by atoms with Gasteiger partial charge in [0.05, 0.1) is 6.04 Å². The van der Waals surface area contributed by atoms with E-state index < -0.39 is 0 Å². The molecule has 1 aromatic rings. The van der Waals surface area contributed by atoms with Crippen LogP contribution in [0.2, 0.25) is 0 Å². The Balaban J connectivity index is 2.49. The number of hydrogen-bond donors (Lipinski definition) is 1. The first kappa shape index (κ1) is 10.9. The Morgan fingerprint density at radius 1 is 1.36 bits per heavy atom. The zero-order valence-corrected chi connectivity index (χ0v) is 8.57. The van der Waals surface area contributed by atoms with E-state index in [1.165, 1.54) is 0 Å². The van der Waals surface area contributed by atoms with E-state index in [0.717, 1.165) is 12.0 Å². The van der Waals surface area contributed by atoms with Crippen molar-refractivity contribution < 1.29 is 4.79 Å². The molecule has 2 heteroatoms. The number of carbonyl (C=O) groups is 1. The lowest BCUT2D eigenvalue weighted by Crippen LogP contribution is -2.32. The first-order valence-electron chi connectivity index (χ1n) is 5.06. The van der Waals surface area contributed by atoms with Crippen molar-refractivity contribution >= 4 is 5.78 Å². The van der Waals surface area contributed by atoms with E-state index in [4.69, 9.17) is 5.73 Å². The molecule has 0 bridgehead atoms. The minimum absolute atomic E-state index is 0.163. The van der Waals surface area contributed by atoms with Crippen LogP contribution in [0.15, 0.2) is 30.3 Å². The van der Waals surface area contributed by atoms with Gasteiger partial charge in [0.25, 0.3) is 0 Å². The summed E-state index contributed by atoms with van der Waals surface area (Å²) in [4.78, 5) is 11.4. The van der Waals surface area contributed by atoms with Crippen molar-refractivity contribution in [1.29, 1.82) is 0 Å². The Bertz CT molecular complexity index is 282. The number of rotatable bonds is 5. The Morgan fingerprint density at radius 3 is 2.57 bits per heavy atom.